The maximum Gasteiger partial charge on any atom is 0.417 e. The molecule has 6 rings (SSSR count). The molecule has 1 N–H and O–H groups in total. The van der Waals surface area contributed by atoms with Gasteiger partial charge in [0.15, 0.2) is 5.13 Å². The van der Waals surface area contributed by atoms with Gasteiger partial charge in [0.1, 0.15) is 5.82 Å². The van der Waals surface area contributed by atoms with Gasteiger partial charge in [-0.3, -0.25) is 4.98 Å². The van der Waals surface area contributed by atoms with Gasteiger partial charge in [-0.1, -0.05) is 60.7 Å². The van der Waals surface area contributed by atoms with Crippen LogP contribution in [0.1, 0.15) is 22.4 Å². The molecule has 1 aliphatic heterocycles. The highest BCUT2D eigenvalue weighted by atomic mass is 32.1. The van der Waals surface area contributed by atoms with E-state index in [2.05, 4.69) is 15.3 Å². The fourth-order valence-electron chi connectivity index (χ4n) is 4.79. The molecule has 0 aliphatic carbocycles. The highest BCUT2D eigenvalue weighted by molar-refractivity contribution is 7.14. The van der Waals surface area contributed by atoms with Gasteiger partial charge in [0.05, 0.1) is 30.2 Å². The number of thiazole rings is 1. The van der Waals surface area contributed by atoms with Crippen LogP contribution < -0.4 is 10.2 Å². The van der Waals surface area contributed by atoms with Crippen LogP contribution in [0, 0.1) is 6.92 Å². The summed E-state index contributed by atoms with van der Waals surface area (Å²) < 4.78 is 49.1. The second-order valence-corrected chi connectivity index (χ2v) is 10.7. The molecule has 2 aromatic carbocycles. The van der Waals surface area contributed by atoms with Crippen molar-refractivity contribution in [1.82, 2.24) is 19.9 Å². The van der Waals surface area contributed by atoms with E-state index in [1.54, 1.807) is 6.92 Å². The van der Waals surface area contributed by atoms with Crippen LogP contribution in [-0.4, -0.2) is 46.2 Å². The lowest BCUT2D eigenvalue weighted by molar-refractivity contribution is -0.137. The summed E-state index contributed by atoms with van der Waals surface area (Å²) in [5, 5.41) is 5.75. The monoisotopic (exact) mass is 588 g/mol. The van der Waals surface area contributed by atoms with Crippen molar-refractivity contribution in [3.63, 3.8) is 0 Å². The molecule has 42 heavy (non-hydrogen) atoms. The van der Waals surface area contributed by atoms with Gasteiger partial charge in [0.25, 0.3) is 0 Å². The van der Waals surface area contributed by atoms with Crippen LogP contribution in [0.15, 0.2) is 78.3 Å². The molecule has 1 fully saturated rings. The SMILES string of the molecule is Cc1c(Nc2nc(-c3ccccc3)cs2)nc(N2CCOCC2)nc1-c1cnc(Cc2ccccc2)cc1C(F)(F)F. The number of pyridine rings is 1. The molecular formula is C31H27F3N6OS. The normalized spacial score (nSPS) is 13.8. The molecule has 0 bridgehead atoms. The maximum absolute atomic E-state index is 14.5. The van der Waals surface area contributed by atoms with Gasteiger partial charge in [-0.05, 0) is 18.6 Å². The Morgan fingerprint density at radius 3 is 2.38 bits per heavy atom. The standard InChI is InChI=1S/C31H27F3N6OS/c1-20-27(24-18-35-23(17-25(24)31(32,33)34)16-21-8-4-2-5-9-21)37-29(40-12-14-41-15-13-40)38-28(20)39-30-36-26(19-42-30)22-10-6-3-7-11-22/h2-11,17-19H,12-16H2,1H3,(H,36,37,38,39). The number of benzene rings is 2. The van der Waals surface area contributed by atoms with E-state index < -0.39 is 11.7 Å². The van der Waals surface area contributed by atoms with E-state index in [-0.39, 0.29) is 17.7 Å². The first-order chi connectivity index (χ1) is 20.3. The average molecular weight is 589 g/mol. The molecule has 0 atom stereocenters. The largest absolute Gasteiger partial charge is 0.417 e. The van der Waals surface area contributed by atoms with E-state index >= 15 is 0 Å². The highest BCUT2D eigenvalue weighted by Gasteiger charge is 2.36. The van der Waals surface area contributed by atoms with Gasteiger partial charge < -0.3 is 15.0 Å². The molecule has 4 heterocycles. The Balaban J connectivity index is 1.42. The molecule has 0 radical (unpaired) electrons. The molecule has 0 unspecified atom stereocenters. The number of anilines is 3. The molecule has 214 valence electrons. The second kappa shape index (κ2) is 11.9. The van der Waals surface area contributed by atoms with Gasteiger partial charge in [0.2, 0.25) is 5.95 Å². The number of rotatable bonds is 7. The third-order valence-corrected chi connectivity index (χ3v) is 7.73. The lowest BCUT2D eigenvalue weighted by Gasteiger charge is -2.28. The predicted molar refractivity (Wildman–Crippen MR) is 158 cm³/mol. The molecule has 0 amide bonds. The number of halogens is 3. The van der Waals surface area contributed by atoms with Crippen LogP contribution in [-0.2, 0) is 17.3 Å². The topological polar surface area (TPSA) is 76.1 Å². The van der Waals surface area contributed by atoms with Crippen LogP contribution in [0.2, 0.25) is 0 Å². The third kappa shape index (κ3) is 6.12. The summed E-state index contributed by atoms with van der Waals surface area (Å²) in [6.45, 7) is 3.72. The minimum atomic E-state index is -4.62. The molecule has 7 nitrogen and oxygen atoms in total. The van der Waals surface area contributed by atoms with Crippen LogP contribution in [0.25, 0.3) is 22.5 Å². The van der Waals surface area contributed by atoms with Crippen molar-refractivity contribution in [3.8, 4) is 22.5 Å². The number of ether oxygens (including phenoxy) is 1. The van der Waals surface area contributed by atoms with Crippen molar-refractivity contribution in [2.45, 2.75) is 19.5 Å². The van der Waals surface area contributed by atoms with E-state index in [9.17, 15) is 13.2 Å². The van der Waals surface area contributed by atoms with Gasteiger partial charge in [0, 0.05) is 53.5 Å². The van der Waals surface area contributed by atoms with Crippen molar-refractivity contribution >= 4 is 28.2 Å². The first-order valence-corrected chi connectivity index (χ1v) is 14.3. The number of hydrogen-bond donors (Lipinski definition) is 1. The fourth-order valence-corrected chi connectivity index (χ4v) is 5.51. The van der Waals surface area contributed by atoms with Gasteiger partial charge >= 0.3 is 6.18 Å². The van der Waals surface area contributed by atoms with Gasteiger partial charge in [-0.25, -0.2) is 9.97 Å². The Bertz CT molecular complexity index is 1670. The summed E-state index contributed by atoms with van der Waals surface area (Å²) >= 11 is 1.39. The average Bonchev–Trinajstić information content (AvgIpc) is 3.48. The number of aromatic nitrogens is 4. The first-order valence-electron chi connectivity index (χ1n) is 13.4. The predicted octanol–water partition coefficient (Wildman–Crippen LogP) is 7.16. The summed E-state index contributed by atoms with van der Waals surface area (Å²) in [5.41, 5.74) is 2.71. The number of nitrogens with zero attached hydrogens (tertiary/aromatic N) is 5. The minimum Gasteiger partial charge on any atom is -0.378 e. The Kier molecular flexibility index (Phi) is 7.86. The summed E-state index contributed by atoms with van der Waals surface area (Å²) in [5.74, 6) is 0.708. The van der Waals surface area contributed by atoms with E-state index in [1.807, 2.05) is 70.9 Å². The quantitative estimate of drug-likeness (QED) is 0.216. The zero-order valence-electron chi connectivity index (χ0n) is 22.7. The second-order valence-electron chi connectivity index (χ2n) is 9.86. The lowest BCUT2D eigenvalue weighted by atomic mass is 10.00. The number of morpholine rings is 1. The zero-order valence-corrected chi connectivity index (χ0v) is 23.5. The molecular weight excluding hydrogens is 561 g/mol. The molecule has 1 saturated heterocycles. The molecule has 0 spiro atoms. The fraction of sp³-hybridized carbons (Fsp3) is 0.226. The Hall–Kier alpha value is -4.35. The van der Waals surface area contributed by atoms with Crippen molar-refractivity contribution in [3.05, 3.63) is 101 Å². The Labute approximate surface area is 245 Å². The van der Waals surface area contributed by atoms with Gasteiger partial charge in [-0.2, -0.15) is 18.2 Å². The van der Waals surface area contributed by atoms with Crippen molar-refractivity contribution in [2.24, 2.45) is 0 Å². The van der Waals surface area contributed by atoms with Crippen LogP contribution >= 0.6 is 11.3 Å². The number of alkyl halides is 3. The van der Waals surface area contributed by atoms with Crippen molar-refractivity contribution < 1.29 is 17.9 Å². The molecule has 11 heteroatoms. The van der Waals surface area contributed by atoms with E-state index in [0.29, 0.717) is 54.5 Å². The number of hydrogen-bond acceptors (Lipinski definition) is 8. The van der Waals surface area contributed by atoms with Gasteiger partial charge in [-0.15, -0.1) is 11.3 Å². The maximum atomic E-state index is 14.5. The van der Waals surface area contributed by atoms with Crippen LogP contribution in [0.4, 0.5) is 30.1 Å². The zero-order chi connectivity index (χ0) is 29.1. The van der Waals surface area contributed by atoms with Crippen molar-refractivity contribution in [2.75, 3.05) is 36.5 Å². The molecule has 5 aromatic rings. The third-order valence-electron chi connectivity index (χ3n) is 6.98. The molecule has 3 aromatic heterocycles. The summed E-state index contributed by atoms with van der Waals surface area (Å²) in [6.07, 6.45) is -3.06. The van der Waals surface area contributed by atoms with Crippen LogP contribution in [0.5, 0.6) is 0 Å². The number of nitrogens with one attached hydrogen (secondary N) is 1. The first kappa shape index (κ1) is 27.8. The lowest BCUT2D eigenvalue weighted by Crippen LogP contribution is -2.37. The molecule has 0 saturated carbocycles. The van der Waals surface area contributed by atoms with E-state index in [4.69, 9.17) is 14.7 Å². The summed E-state index contributed by atoms with van der Waals surface area (Å²) in [4.78, 5) is 20.4. The summed E-state index contributed by atoms with van der Waals surface area (Å²) in [7, 11) is 0. The van der Waals surface area contributed by atoms with Crippen LogP contribution in [0.3, 0.4) is 0 Å². The smallest absolute Gasteiger partial charge is 0.378 e. The van der Waals surface area contributed by atoms with E-state index in [1.165, 1.54) is 17.5 Å². The highest BCUT2D eigenvalue weighted by Crippen LogP contribution is 2.40. The minimum absolute atomic E-state index is 0.0964. The Morgan fingerprint density at radius 2 is 1.67 bits per heavy atom. The summed E-state index contributed by atoms with van der Waals surface area (Å²) in [6, 6.07) is 20.2. The van der Waals surface area contributed by atoms with E-state index in [0.717, 1.165) is 22.9 Å². The van der Waals surface area contributed by atoms with Crippen molar-refractivity contribution in [1.29, 1.82) is 0 Å². The Morgan fingerprint density at radius 1 is 0.952 bits per heavy atom. The molecule has 1 aliphatic rings.